The average Bonchev–Trinajstić information content (AvgIpc) is 3.26. The number of nitrogens with one attached hydrogen (secondary N) is 1. The molecular weight excluding hydrogens is 408 g/mol. The van der Waals surface area contributed by atoms with Crippen LogP contribution >= 0.6 is 23.1 Å². The Kier molecular flexibility index (Phi) is 6.20. The third kappa shape index (κ3) is 4.48. The van der Waals surface area contributed by atoms with Gasteiger partial charge in [0.15, 0.2) is 5.58 Å². The van der Waals surface area contributed by atoms with Crippen LogP contribution in [-0.4, -0.2) is 29.7 Å². The number of rotatable bonds is 5. The number of thioether (sulfide) groups is 1. The maximum absolute atomic E-state index is 12.6. The Bertz CT molecular complexity index is 1010. The number of benzene rings is 1. The maximum Gasteiger partial charge on any atom is 0.341 e. The summed E-state index contributed by atoms with van der Waals surface area (Å²) in [7, 11) is 1.38. The van der Waals surface area contributed by atoms with Gasteiger partial charge in [0, 0.05) is 4.88 Å². The van der Waals surface area contributed by atoms with Gasteiger partial charge in [-0.05, 0) is 43.4 Å². The number of aryl methyl sites for hydroxylation is 1. The Labute approximate surface area is 177 Å². The second-order valence-corrected chi connectivity index (χ2v) is 8.93. The lowest BCUT2D eigenvalue weighted by Gasteiger charge is -2.10. The molecule has 0 bridgehead atoms. The van der Waals surface area contributed by atoms with E-state index in [4.69, 9.17) is 9.15 Å². The highest BCUT2D eigenvalue weighted by Gasteiger charge is 2.26. The smallest absolute Gasteiger partial charge is 0.341 e. The predicted molar refractivity (Wildman–Crippen MR) is 115 cm³/mol. The summed E-state index contributed by atoms with van der Waals surface area (Å²) in [4.78, 5) is 30.6. The highest BCUT2D eigenvalue weighted by atomic mass is 32.2. The van der Waals surface area contributed by atoms with Crippen molar-refractivity contribution < 1.29 is 18.7 Å². The summed E-state index contributed by atoms with van der Waals surface area (Å²) < 4.78 is 10.6. The van der Waals surface area contributed by atoms with Crippen LogP contribution in [0.5, 0.6) is 0 Å². The van der Waals surface area contributed by atoms with Gasteiger partial charge in [0.1, 0.15) is 10.5 Å². The largest absolute Gasteiger partial charge is 0.465 e. The Morgan fingerprint density at radius 3 is 2.79 bits per heavy atom. The summed E-state index contributed by atoms with van der Waals surface area (Å²) in [5, 5.41) is 3.96. The van der Waals surface area contributed by atoms with Crippen molar-refractivity contribution >= 4 is 51.1 Å². The standard InChI is InChI=1S/C21H22N2O4S2/c1-26-20(25)18-13-8-4-2-3-5-11-16(13)29-19(18)23-17(24)12-28-21-22-14-9-6-7-10-15(14)27-21/h6-7,9-10H,2-5,8,11-12H2,1H3,(H,23,24). The van der Waals surface area contributed by atoms with Gasteiger partial charge in [0.25, 0.3) is 5.22 Å². The van der Waals surface area contributed by atoms with Crippen LogP contribution in [0.3, 0.4) is 0 Å². The van der Waals surface area contributed by atoms with Crippen molar-refractivity contribution in [3.05, 3.63) is 40.3 Å². The van der Waals surface area contributed by atoms with Gasteiger partial charge in [-0.3, -0.25) is 4.79 Å². The van der Waals surface area contributed by atoms with Crippen molar-refractivity contribution in [3.63, 3.8) is 0 Å². The number of carbonyl (C=O) groups is 2. The minimum atomic E-state index is -0.384. The quantitative estimate of drug-likeness (QED) is 0.450. The lowest BCUT2D eigenvalue weighted by molar-refractivity contribution is -0.113. The van der Waals surface area contributed by atoms with E-state index in [0.717, 1.165) is 36.8 Å². The van der Waals surface area contributed by atoms with Crippen LogP contribution < -0.4 is 5.32 Å². The Hall–Kier alpha value is -2.32. The van der Waals surface area contributed by atoms with E-state index in [-0.39, 0.29) is 17.6 Å². The highest BCUT2D eigenvalue weighted by molar-refractivity contribution is 7.99. The molecule has 0 spiro atoms. The third-order valence-corrected chi connectivity index (χ3v) is 6.95. The molecule has 8 heteroatoms. The van der Waals surface area contributed by atoms with Gasteiger partial charge in [-0.25, -0.2) is 9.78 Å². The zero-order valence-corrected chi connectivity index (χ0v) is 17.8. The first kappa shape index (κ1) is 20.0. The molecule has 0 radical (unpaired) electrons. The third-order valence-electron chi connectivity index (χ3n) is 4.91. The average molecular weight is 431 g/mol. The Morgan fingerprint density at radius 1 is 1.21 bits per heavy atom. The molecule has 0 aliphatic heterocycles. The number of anilines is 1. The summed E-state index contributed by atoms with van der Waals surface area (Å²) in [6.45, 7) is 0. The molecule has 0 fully saturated rings. The normalized spacial score (nSPS) is 14.1. The topological polar surface area (TPSA) is 81.4 Å². The summed E-state index contributed by atoms with van der Waals surface area (Å²) in [5.41, 5.74) is 3.03. The SMILES string of the molecule is COC(=O)c1c(NC(=O)CSc2nc3ccccc3o2)sc2c1CCCCCC2. The van der Waals surface area contributed by atoms with E-state index in [0.29, 0.717) is 21.4 Å². The second kappa shape index (κ2) is 9.00. The van der Waals surface area contributed by atoms with Crippen molar-refractivity contribution in [2.75, 3.05) is 18.2 Å². The lowest BCUT2D eigenvalue weighted by atomic mass is 9.96. The molecule has 0 atom stereocenters. The van der Waals surface area contributed by atoms with Crippen molar-refractivity contribution in [2.45, 2.75) is 43.7 Å². The minimum absolute atomic E-state index is 0.149. The monoisotopic (exact) mass is 430 g/mol. The molecule has 152 valence electrons. The molecule has 3 aromatic rings. The van der Waals surface area contributed by atoms with Crippen LogP contribution in [0.1, 0.15) is 46.5 Å². The fourth-order valence-corrected chi connectivity index (χ4v) is 5.46. The van der Waals surface area contributed by atoms with Crippen molar-refractivity contribution in [1.29, 1.82) is 0 Å². The van der Waals surface area contributed by atoms with E-state index in [1.807, 2.05) is 24.3 Å². The van der Waals surface area contributed by atoms with E-state index in [2.05, 4.69) is 10.3 Å². The van der Waals surface area contributed by atoms with Crippen LogP contribution in [0, 0.1) is 0 Å². The summed E-state index contributed by atoms with van der Waals surface area (Å²) in [5.74, 6) is -0.433. The van der Waals surface area contributed by atoms with Gasteiger partial charge in [0.05, 0.1) is 18.4 Å². The van der Waals surface area contributed by atoms with Gasteiger partial charge < -0.3 is 14.5 Å². The number of oxazole rings is 1. The first-order chi connectivity index (χ1) is 14.2. The molecule has 1 aromatic carbocycles. The number of nitrogens with zero attached hydrogens (tertiary/aromatic N) is 1. The number of amides is 1. The lowest BCUT2D eigenvalue weighted by Crippen LogP contribution is -2.16. The molecule has 0 unspecified atom stereocenters. The zero-order valence-electron chi connectivity index (χ0n) is 16.2. The molecule has 4 rings (SSSR count). The van der Waals surface area contributed by atoms with Gasteiger partial charge >= 0.3 is 5.97 Å². The molecule has 29 heavy (non-hydrogen) atoms. The maximum atomic E-state index is 12.6. The molecule has 1 aliphatic carbocycles. The van der Waals surface area contributed by atoms with Crippen molar-refractivity contribution in [2.24, 2.45) is 0 Å². The van der Waals surface area contributed by atoms with Crippen LogP contribution in [0.25, 0.3) is 11.1 Å². The predicted octanol–water partition coefficient (Wildman–Crippen LogP) is 5.07. The number of para-hydroxylation sites is 2. The molecule has 1 aliphatic rings. The fraction of sp³-hybridized carbons (Fsp3) is 0.381. The number of fused-ring (bicyclic) bond motifs is 2. The van der Waals surface area contributed by atoms with Crippen LogP contribution in [0.15, 0.2) is 33.9 Å². The number of hydrogen-bond donors (Lipinski definition) is 1. The summed E-state index contributed by atoms with van der Waals surface area (Å²) in [6.07, 6.45) is 6.32. The summed E-state index contributed by atoms with van der Waals surface area (Å²) >= 11 is 2.73. The first-order valence-corrected chi connectivity index (χ1v) is 11.5. The number of esters is 1. The zero-order chi connectivity index (χ0) is 20.2. The first-order valence-electron chi connectivity index (χ1n) is 9.67. The van der Waals surface area contributed by atoms with Crippen LogP contribution in [0.4, 0.5) is 5.00 Å². The number of ether oxygens (including phenoxy) is 1. The molecular formula is C21H22N2O4S2. The molecule has 6 nitrogen and oxygen atoms in total. The van der Waals surface area contributed by atoms with E-state index >= 15 is 0 Å². The van der Waals surface area contributed by atoms with Gasteiger partial charge in [-0.1, -0.05) is 36.7 Å². The number of carbonyl (C=O) groups excluding carboxylic acids is 2. The molecule has 1 amide bonds. The number of thiophene rings is 1. The Balaban J connectivity index is 1.49. The van der Waals surface area contributed by atoms with E-state index in [1.54, 1.807) is 0 Å². The van der Waals surface area contributed by atoms with Gasteiger partial charge in [-0.2, -0.15) is 0 Å². The van der Waals surface area contributed by atoms with Crippen molar-refractivity contribution in [1.82, 2.24) is 4.98 Å². The number of aromatic nitrogens is 1. The molecule has 0 saturated carbocycles. The number of hydrogen-bond acceptors (Lipinski definition) is 7. The molecule has 1 N–H and O–H groups in total. The van der Waals surface area contributed by atoms with Crippen LogP contribution in [-0.2, 0) is 22.4 Å². The van der Waals surface area contributed by atoms with E-state index < -0.39 is 0 Å². The van der Waals surface area contributed by atoms with E-state index in [9.17, 15) is 9.59 Å². The van der Waals surface area contributed by atoms with Crippen LogP contribution in [0.2, 0.25) is 0 Å². The van der Waals surface area contributed by atoms with E-state index in [1.165, 1.54) is 47.9 Å². The second-order valence-electron chi connectivity index (χ2n) is 6.90. The van der Waals surface area contributed by atoms with Gasteiger partial charge in [0.2, 0.25) is 5.91 Å². The van der Waals surface area contributed by atoms with Gasteiger partial charge in [-0.15, -0.1) is 11.3 Å². The molecule has 2 aromatic heterocycles. The number of methoxy groups -OCH3 is 1. The molecule has 2 heterocycles. The highest BCUT2D eigenvalue weighted by Crippen LogP contribution is 2.37. The Morgan fingerprint density at radius 2 is 2.00 bits per heavy atom. The van der Waals surface area contributed by atoms with Crippen molar-refractivity contribution in [3.8, 4) is 0 Å². The fourth-order valence-electron chi connectivity index (χ4n) is 3.53. The molecule has 0 saturated heterocycles. The minimum Gasteiger partial charge on any atom is -0.465 e. The summed E-state index contributed by atoms with van der Waals surface area (Å²) in [6, 6.07) is 7.48.